The molecule has 2 fully saturated rings. The van der Waals surface area contributed by atoms with Gasteiger partial charge in [0.15, 0.2) is 0 Å². The van der Waals surface area contributed by atoms with Crippen molar-refractivity contribution in [2.45, 2.75) is 57.1 Å². The predicted octanol–water partition coefficient (Wildman–Crippen LogP) is 1.16. The zero-order valence-electron chi connectivity index (χ0n) is 12.3. The highest BCUT2D eigenvalue weighted by Gasteiger charge is 2.21. The predicted molar refractivity (Wildman–Crippen MR) is 82.2 cm³/mol. The van der Waals surface area contributed by atoms with Crippen LogP contribution in [-0.2, 0) is 0 Å². The van der Waals surface area contributed by atoms with Gasteiger partial charge in [0.25, 0.3) is 0 Å². The maximum atomic E-state index is 9.56. The summed E-state index contributed by atoms with van der Waals surface area (Å²) in [5.74, 6) is 1.51. The van der Waals surface area contributed by atoms with Crippen LogP contribution in [0.1, 0.15) is 44.9 Å². The molecule has 1 saturated heterocycles. The molecule has 7 nitrogen and oxygen atoms in total. The van der Waals surface area contributed by atoms with E-state index in [-0.39, 0.29) is 12.1 Å². The van der Waals surface area contributed by atoms with Gasteiger partial charge in [-0.2, -0.15) is 15.0 Å². The van der Waals surface area contributed by atoms with Crippen molar-refractivity contribution in [3.05, 3.63) is 0 Å². The van der Waals surface area contributed by atoms with E-state index in [0.29, 0.717) is 17.9 Å². The lowest BCUT2D eigenvalue weighted by atomic mass is 9.93. The van der Waals surface area contributed by atoms with Crippen LogP contribution >= 0.6 is 0 Å². The van der Waals surface area contributed by atoms with Gasteiger partial charge in [-0.25, -0.2) is 0 Å². The summed E-state index contributed by atoms with van der Waals surface area (Å²) in [6, 6.07) is 0.310. The standard InChI is InChI=1S/C14H24N6O/c15-12-17-13(16-10-4-6-11(21)7-5-10)19-14(18-12)20-8-2-1-3-9-20/h10-11,21H,1-9H2,(H3,15,16,17,18,19). The Balaban J connectivity index is 1.68. The van der Waals surface area contributed by atoms with E-state index >= 15 is 0 Å². The second-order valence-corrected chi connectivity index (χ2v) is 6.01. The lowest BCUT2D eigenvalue weighted by Crippen LogP contribution is -2.32. The number of hydrogen-bond acceptors (Lipinski definition) is 7. The fourth-order valence-electron chi connectivity index (χ4n) is 3.08. The molecule has 0 bridgehead atoms. The Morgan fingerprint density at radius 2 is 1.71 bits per heavy atom. The molecule has 116 valence electrons. The van der Waals surface area contributed by atoms with Crippen molar-refractivity contribution in [2.24, 2.45) is 0 Å². The molecule has 1 aromatic heterocycles. The van der Waals surface area contributed by atoms with Crippen molar-refractivity contribution in [3.63, 3.8) is 0 Å². The van der Waals surface area contributed by atoms with Crippen LogP contribution in [0, 0.1) is 0 Å². The summed E-state index contributed by atoms with van der Waals surface area (Å²) in [5, 5.41) is 12.9. The topological polar surface area (TPSA) is 100 Å². The molecule has 1 saturated carbocycles. The van der Waals surface area contributed by atoms with Crippen molar-refractivity contribution in [3.8, 4) is 0 Å². The molecule has 1 aliphatic carbocycles. The Labute approximate surface area is 125 Å². The van der Waals surface area contributed by atoms with Gasteiger partial charge in [-0.05, 0) is 44.9 Å². The number of piperidine rings is 1. The molecule has 0 amide bonds. The molecule has 21 heavy (non-hydrogen) atoms. The summed E-state index contributed by atoms with van der Waals surface area (Å²) in [4.78, 5) is 15.2. The normalized spacial score (nSPS) is 26.6. The van der Waals surface area contributed by atoms with E-state index in [9.17, 15) is 5.11 Å². The monoisotopic (exact) mass is 292 g/mol. The maximum absolute atomic E-state index is 9.56. The van der Waals surface area contributed by atoms with E-state index in [1.807, 2.05) is 0 Å². The molecule has 1 aliphatic heterocycles. The second-order valence-electron chi connectivity index (χ2n) is 6.01. The van der Waals surface area contributed by atoms with Crippen molar-refractivity contribution in [1.29, 1.82) is 0 Å². The highest BCUT2D eigenvalue weighted by Crippen LogP contribution is 2.22. The first-order valence-corrected chi connectivity index (χ1v) is 7.92. The van der Waals surface area contributed by atoms with Crippen molar-refractivity contribution >= 4 is 17.8 Å². The minimum atomic E-state index is -0.157. The van der Waals surface area contributed by atoms with Gasteiger partial charge in [-0.1, -0.05) is 0 Å². The van der Waals surface area contributed by atoms with E-state index in [4.69, 9.17) is 5.73 Å². The molecule has 7 heteroatoms. The summed E-state index contributed by atoms with van der Waals surface area (Å²) < 4.78 is 0. The molecule has 4 N–H and O–H groups in total. The van der Waals surface area contributed by atoms with Gasteiger partial charge in [0.2, 0.25) is 17.8 Å². The zero-order chi connectivity index (χ0) is 14.7. The Hall–Kier alpha value is -1.63. The van der Waals surface area contributed by atoms with Crippen molar-refractivity contribution < 1.29 is 5.11 Å². The Kier molecular flexibility index (Phi) is 4.38. The second kappa shape index (κ2) is 6.43. The SMILES string of the molecule is Nc1nc(NC2CCC(O)CC2)nc(N2CCCCC2)n1. The molecule has 2 heterocycles. The largest absolute Gasteiger partial charge is 0.393 e. The third-order valence-corrected chi connectivity index (χ3v) is 4.31. The molecule has 0 unspecified atom stereocenters. The maximum Gasteiger partial charge on any atom is 0.231 e. The zero-order valence-corrected chi connectivity index (χ0v) is 12.3. The Bertz CT molecular complexity index is 469. The van der Waals surface area contributed by atoms with Crippen LogP contribution in [0.3, 0.4) is 0 Å². The highest BCUT2D eigenvalue weighted by molar-refractivity contribution is 5.42. The molecule has 0 atom stereocenters. The summed E-state index contributed by atoms with van der Waals surface area (Å²) >= 11 is 0. The lowest BCUT2D eigenvalue weighted by Gasteiger charge is -2.28. The van der Waals surface area contributed by atoms with Gasteiger partial charge >= 0.3 is 0 Å². The van der Waals surface area contributed by atoms with E-state index in [1.54, 1.807) is 0 Å². The van der Waals surface area contributed by atoms with E-state index in [2.05, 4.69) is 25.2 Å². The first-order valence-electron chi connectivity index (χ1n) is 7.92. The number of rotatable bonds is 3. The molecule has 0 spiro atoms. The van der Waals surface area contributed by atoms with Gasteiger partial charge in [-0.15, -0.1) is 0 Å². The fourth-order valence-corrected chi connectivity index (χ4v) is 3.08. The molecule has 3 rings (SSSR count). The first-order chi connectivity index (χ1) is 10.2. The minimum Gasteiger partial charge on any atom is -0.393 e. The number of nitrogens with one attached hydrogen (secondary N) is 1. The minimum absolute atomic E-state index is 0.157. The number of nitrogens with two attached hydrogens (primary N) is 1. The molecule has 2 aliphatic rings. The highest BCUT2D eigenvalue weighted by atomic mass is 16.3. The summed E-state index contributed by atoms with van der Waals surface area (Å²) in [7, 11) is 0. The van der Waals surface area contributed by atoms with Crippen LogP contribution in [0.4, 0.5) is 17.8 Å². The van der Waals surface area contributed by atoms with Gasteiger partial charge in [0.1, 0.15) is 0 Å². The summed E-state index contributed by atoms with van der Waals surface area (Å²) in [6.45, 7) is 1.97. The van der Waals surface area contributed by atoms with Crippen molar-refractivity contribution in [1.82, 2.24) is 15.0 Å². The third-order valence-electron chi connectivity index (χ3n) is 4.31. The number of hydrogen-bond donors (Lipinski definition) is 3. The number of nitrogens with zero attached hydrogens (tertiary/aromatic N) is 4. The molecule has 1 aromatic rings. The lowest BCUT2D eigenvalue weighted by molar-refractivity contribution is 0.126. The average Bonchev–Trinajstić information content (AvgIpc) is 2.50. The fraction of sp³-hybridized carbons (Fsp3) is 0.786. The molecule has 0 aromatic carbocycles. The van der Waals surface area contributed by atoms with Crippen LogP contribution in [-0.4, -0.2) is 45.3 Å². The molecule has 0 radical (unpaired) electrons. The van der Waals surface area contributed by atoms with E-state index < -0.39 is 0 Å². The molecular weight excluding hydrogens is 268 g/mol. The summed E-state index contributed by atoms with van der Waals surface area (Å²) in [6.07, 6.45) is 7.00. The number of anilines is 3. The van der Waals surface area contributed by atoms with E-state index in [0.717, 1.165) is 38.8 Å². The Morgan fingerprint density at radius 1 is 1.00 bits per heavy atom. The number of aliphatic hydroxyl groups excluding tert-OH is 1. The Morgan fingerprint density at radius 3 is 2.43 bits per heavy atom. The van der Waals surface area contributed by atoms with Gasteiger partial charge in [0, 0.05) is 19.1 Å². The summed E-state index contributed by atoms with van der Waals surface area (Å²) in [5.41, 5.74) is 5.82. The van der Waals surface area contributed by atoms with Crippen LogP contribution in [0.2, 0.25) is 0 Å². The van der Waals surface area contributed by atoms with Crippen LogP contribution < -0.4 is 16.0 Å². The number of aromatic nitrogens is 3. The van der Waals surface area contributed by atoms with Gasteiger partial charge in [0.05, 0.1) is 6.10 Å². The smallest absolute Gasteiger partial charge is 0.231 e. The van der Waals surface area contributed by atoms with Crippen LogP contribution in [0.25, 0.3) is 0 Å². The van der Waals surface area contributed by atoms with Crippen molar-refractivity contribution in [2.75, 3.05) is 29.0 Å². The van der Waals surface area contributed by atoms with Gasteiger partial charge in [-0.3, -0.25) is 0 Å². The average molecular weight is 292 g/mol. The van der Waals surface area contributed by atoms with Crippen LogP contribution in [0.15, 0.2) is 0 Å². The van der Waals surface area contributed by atoms with E-state index in [1.165, 1.54) is 19.3 Å². The van der Waals surface area contributed by atoms with Gasteiger partial charge < -0.3 is 21.1 Å². The number of aliphatic hydroxyl groups is 1. The van der Waals surface area contributed by atoms with Crippen LogP contribution in [0.5, 0.6) is 0 Å². The quantitative estimate of drug-likeness (QED) is 0.768. The first kappa shape index (κ1) is 14.3. The number of nitrogen functional groups attached to an aromatic ring is 1. The third kappa shape index (κ3) is 3.72. The molecular formula is C14H24N6O.